The van der Waals surface area contributed by atoms with E-state index in [0.717, 1.165) is 31.0 Å². The first-order valence-electron chi connectivity index (χ1n) is 9.76. The van der Waals surface area contributed by atoms with E-state index >= 15 is 0 Å². The maximum Gasteiger partial charge on any atom is 0.261 e. The lowest BCUT2D eigenvalue weighted by atomic mass is 10.2. The van der Waals surface area contributed by atoms with Crippen molar-refractivity contribution >= 4 is 39.5 Å². The van der Waals surface area contributed by atoms with Crippen molar-refractivity contribution in [1.29, 1.82) is 0 Å². The SMILES string of the molecule is Cc1noc(/C=C\c2ccc(S(=O)(=O)Nc3ccc(F)c(F)c3)cc2)c1NC(=O)C1CC1. The molecule has 2 aromatic carbocycles. The third-order valence-electron chi connectivity index (χ3n) is 4.87. The fraction of sp³-hybridized carbons (Fsp3) is 0.182. The van der Waals surface area contributed by atoms with E-state index in [1.54, 1.807) is 31.2 Å². The summed E-state index contributed by atoms with van der Waals surface area (Å²) >= 11 is 0. The Morgan fingerprint density at radius 2 is 1.81 bits per heavy atom. The highest BCUT2D eigenvalue weighted by Crippen LogP contribution is 2.32. The number of hydrogen-bond donors (Lipinski definition) is 2. The summed E-state index contributed by atoms with van der Waals surface area (Å²) in [6.45, 7) is 1.73. The molecule has 7 nitrogen and oxygen atoms in total. The van der Waals surface area contributed by atoms with Crippen LogP contribution in [0.4, 0.5) is 20.2 Å². The second kappa shape index (κ2) is 8.54. The standard InChI is InChI=1S/C22H19F2N3O4S/c1-13-21(25-22(28)15-5-6-15)20(31-26-13)11-4-14-2-8-17(9-3-14)32(29,30)27-16-7-10-18(23)19(24)12-16/h2-4,7-12,15,27H,5-6H2,1H3,(H,25,28)/b11-4-. The monoisotopic (exact) mass is 459 g/mol. The molecule has 32 heavy (non-hydrogen) atoms. The van der Waals surface area contributed by atoms with Gasteiger partial charge in [-0.2, -0.15) is 0 Å². The Morgan fingerprint density at radius 1 is 1.09 bits per heavy atom. The second-order valence-electron chi connectivity index (χ2n) is 7.41. The number of carbonyl (C=O) groups is 1. The highest BCUT2D eigenvalue weighted by atomic mass is 32.2. The minimum Gasteiger partial charge on any atom is -0.354 e. The van der Waals surface area contributed by atoms with Crippen LogP contribution in [0.15, 0.2) is 51.9 Å². The number of benzene rings is 2. The summed E-state index contributed by atoms with van der Waals surface area (Å²) in [7, 11) is -3.99. The van der Waals surface area contributed by atoms with E-state index in [2.05, 4.69) is 15.2 Å². The van der Waals surface area contributed by atoms with Gasteiger partial charge in [-0.05, 0) is 55.7 Å². The molecule has 1 aromatic heterocycles. The van der Waals surface area contributed by atoms with E-state index in [1.807, 2.05) is 0 Å². The van der Waals surface area contributed by atoms with Crippen molar-refractivity contribution in [3.8, 4) is 0 Å². The summed E-state index contributed by atoms with van der Waals surface area (Å²) in [5, 5.41) is 6.71. The van der Waals surface area contributed by atoms with Crippen LogP contribution in [-0.2, 0) is 14.8 Å². The molecule has 10 heteroatoms. The average molecular weight is 459 g/mol. The number of anilines is 2. The van der Waals surface area contributed by atoms with Crippen molar-refractivity contribution in [3.05, 3.63) is 71.1 Å². The molecule has 1 amide bonds. The molecule has 3 aromatic rings. The van der Waals surface area contributed by atoms with Crippen molar-refractivity contribution in [2.24, 2.45) is 5.92 Å². The van der Waals surface area contributed by atoms with Crippen LogP contribution in [0.25, 0.3) is 12.2 Å². The normalized spacial score (nSPS) is 14.0. The van der Waals surface area contributed by atoms with E-state index < -0.39 is 21.7 Å². The van der Waals surface area contributed by atoms with Crippen molar-refractivity contribution in [1.82, 2.24) is 5.16 Å². The van der Waals surface area contributed by atoms with Gasteiger partial charge in [-0.1, -0.05) is 23.4 Å². The van der Waals surface area contributed by atoms with Crippen molar-refractivity contribution in [3.63, 3.8) is 0 Å². The molecule has 0 aliphatic heterocycles. The third kappa shape index (κ3) is 4.86. The quantitative estimate of drug-likeness (QED) is 0.539. The topological polar surface area (TPSA) is 101 Å². The van der Waals surface area contributed by atoms with Crippen molar-refractivity contribution in [2.45, 2.75) is 24.7 Å². The molecule has 4 rings (SSSR count). The molecule has 0 bridgehead atoms. The summed E-state index contributed by atoms with van der Waals surface area (Å²) in [5.41, 5.74) is 1.65. The molecule has 2 N–H and O–H groups in total. The zero-order chi connectivity index (χ0) is 22.9. The van der Waals surface area contributed by atoms with Crippen LogP contribution in [0.1, 0.15) is 29.9 Å². The Balaban J connectivity index is 1.47. The molecular formula is C22H19F2N3O4S. The molecule has 0 unspecified atom stereocenters. The molecule has 1 aliphatic rings. The summed E-state index contributed by atoms with van der Waals surface area (Å²) in [6, 6.07) is 8.64. The van der Waals surface area contributed by atoms with E-state index in [1.165, 1.54) is 12.1 Å². The number of aromatic nitrogens is 1. The van der Waals surface area contributed by atoms with Crippen LogP contribution < -0.4 is 10.0 Å². The van der Waals surface area contributed by atoms with Gasteiger partial charge in [0.2, 0.25) is 5.91 Å². The lowest BCUT2D eigenvalue weighted by Gasteiger charge is -2.08. The number of nitrogens with one attached hydrogen (secondary N) is 2. The van der Waals surface area contributed by atoms with E-state index in [-0.39, 0.29) is 22.4 Å². The van der Waals surface area contributed by atoms with Gasteiger partial charge in [-0.3, -0.25) is 9.52 Å². The van der Waals surface area contributed by atoms with Gasteiger partial charge in [-0.25, -0.2) is 17.2 Å². The molecule has 1 heterocycles. The number of carbonyl (C=O) groups excluding carboxylic acids is 1. The zero-order valence-corrected chi connectivity index (χ0v) is 17.7. The highest BCUT2D eigenvalue weighted by molar-refractivity contribution is 7.92. The molecule has 0 spiro atoms. The fourth-order valence-electron chi connectivity index (χ4n) is 2.93. The zero-order valence-electron chi connectivity index (χ0n) is 16.9. The summed E-state index contributed by atoms with van der Waals surface area (Å²) in [5.74, 6) is -1.86. The van der Waals surface area contributed by atoms with Crippen LogP contribution in [0, 0.1) is 24.5 Å². The number of sulfonamides is 1. The number of rotatable bonds is 7. The summed E-state index contributed by atoms with van der Waals surface area (Å²) in [6.07, 6.45) is 5.07. The number of aryl methyl sites for hydroxylation is 1. The molecule has 0 radical (unpaired) electrons. The first-order chi connectivity index (χ1) is 15.2. The Bertz CT molecular complexity index is 1300. The van der Waals surface area contributed by atoms with Gasteiger partial charge in [0.1, 0.15) is 11.4 Å². The van der Waals surface area contributed by atoms with Gasteiger partial charge < -0.3 is 9.84 Å². The highest BCUT2D eigenvalue weighted by Gasteiger charge is 2.30. The van der Waals surface area contributed by atoms with Crippen LogP contribution in [0.5, 0.6) is 0 Å². The molecule has 0 saturated heterocycles. The van der Waals surface area contributed by atoms with Crippen LogP contribution in [0.2, 0.25) is 0 Å². The van der Waals surface area contributed by atoms with Crippen LogP contribution in [-0.4, -0.2) is 19.5 Å². The Hall–Kier alpha value is -3.53. The van der Waals surface area contributed by atoms with Crippen LogP contribution >= 0.6 is 0 Å². The number of halogens is 2. The number of hydrogen-bond acceptors (Lipinski definition) is 5. The van der Waals surface area contributed by atoms with Gasteiger partial charge in [0.15, 0.2) is 17.4 Å². The number of nitrogens with zero attached hydrogens (tertiary/aromatic N) is 1. The summed E-state index contributed by atoms with van der Waals surface area (Å²) in [4.78, 5) is 12.0. The lowest BCUT2D eigenvalue weighted by molar-refractivity contribution is -0.117. The van der Waals surface area contributed by atoms with Gasteiger partial charge in [0.05, 0.1) is 10.6 Å². The molecular weight excluding hydrogens is 440 g/mol. The third-order valence-corrected chi connectivity index (χ3v) is 6.27. The fourth-order valence-corrected chi connectivity index (χ4v) is 3.98. The van der Waals surface area contributed by atoms with Gasteiger partial charge in [-0.15, -0.1) is 0 Å². The predicted octanol–water partition coefficient (Wildman–Crippen LogP) is 4.58. The van der Waals surface area contributed by atoms with Crippen molar-refractivity contribution < 1.29 is 26.5 Å². The molecule has 0 atom stereocenters. The maximum atomic E-state index is 13.3. The smallest absolute Gasteiger partial charge is 0.261 e. The minimum atomic E-state index is -3.99. The first-order valence-corrected chi connectivity index (χ1v) is 11.2. The second-order valence-corrected chi connectivity index (χ2v) is 9.09. The Morgan fingerprint density at radius 3 is 2.47 bits per heavy atom. The van der Waals surface area contributed by atoms with Gasteiger partial charge >= 0.3 is 0 Å². The molecule has 1 saturated carbocycles. The maximum absolute atomic E-state index is 13.3. The largest absolute Gasteiger partial charge is 0.354 e. The van der Waals surface area contributed by atoms with Gasteiger partial charge in [0, 0.05) is 12.0 Å². The van der Waals surface area contributed by atoms with Gasteiger partial charge in [0.25, 0.3) is 10.0 Å². The summed E-state index contributed by atoms with van der Waals surface area (Å²) < 4.78 is 58.8. The predicted molar refractivity (Wildman–Crippen MR) is 115 cm³/mol. The molecule has 1 fully saturated rings. The molecule has 166 valence electrons. The average Bonchev–Trinajstić information content (AvgIpc) is 3.55. The Kier molecular flexibility index (Phi) is 5.79. The lowest BCUT2D eigenvalue weighted by Crippen LogP contribution is -2.14. The van der Waals surface area contributed by atoms with E-state index in [4.69, 9.17) is 4.52 Å². The van der Waals surface area contributed by atoms with E-state index in [0.29, 0.717) is 22.7 Å². The minimum absolute atomic E-state index is 0.0376. The Labute approximate surface area is 183 Å². The first kappa shape index (κ1) is 21.7. The van der Waals surface area contributed by atoms with Crippen molar-refractivity contribution in [2.75, 3.05) is 10.0 Å². The number of amides is 1. The van der Waals surface area contributed by atoms with Crippen LogP contribution in [0.3, 0.4) is 0 Å². The van der Waals surface area contributed by atoms with E-state index in [9.17, 15) is 22.0 Å². The molecule has 1 aliphatic carbocycles.